The van der Waals surface area contributed by atoms with Crippen LogP contribution in [0, 0.1) is 11.3 Å². The molecule has 3 N–H and O–H groups in total. The van der Waals surface area contributed by atoms with E-state index in [-0.39, 0.29) is 40.7 Å². The first-order valence-electron chi connectivity index (χ1n) is 12.4. The Morgan fingerprint density at radius 3 is 2.56 bits per heavy atom. The number of carbonyl (C=O) groups is 1. The van der Waals surface area contributed by atoms with E-state index < -0.39 is 15.9 Å². The smallest absolute Gasteiger partial charge is 0.268 e. The number of aromatic nitrogens is 4. The summed E-state index contributed by atoms with van der Waals surface area (Å²) in [7, 11) is -4.26. The number of sulfonamides is 1. The van der Waals surface area contributed by atoms with Gasteiger partial charge in [0.2, 0.25) is 5.88 Å². The third-order valence-corrected chi connectivity index (χ3v) is 7.58. The van der Waals surface area contributed by atoms with E-state index in [0.717, 1.165) is 6.42 Å². The summed E-state index contributed by atoms with van der Waals surface area (Å²) in [5.74, 6) is 0.646. The standard InChI is InChI=1S/C26H35N7O4S.H2S/c1-17-14-26(5,6)32(15-17)23-18(24(34)31-38(35,36)19-8-7-12-28-22(19)27)9-10-20(29-23)33-13-11-21(30-33)37-16-25(2,3)4;/h7-13,17H,14-16H2,1-6H3,(H2,27,28)(H,31,34);1H2/t17-;/m0./s1. The Labute approximate surface area is 236 Å². The summed E-state index contributed by atoms with van der Waals surface area (Å²) in [6, 6.07) is 7.67. The molecule has 0 saturated carbocycles. The second-order valence-corrected chi connectivity index (χ2v) is 13.2. The molecule has 212 valence electrons. The molecule has 3 aromatic heterocycles. The number of carbonyl (C=O) groups excluding carboxylic acids is 1. The van der Waals surface area contributed by atoms with Crippen LogP contribution in [0.3, 0.4) is 0 Å². The van der Waals surface area contributed by atoms with E-state index in [4.69, 9.17) is 15.5 Å². The largest absolute Gasteiger partial charge is 0.476 e. The fourth-order valence-corrected chi connectivity index (χ4v) is 5.62. The minimum Gasteiger partial charge on any atom is -0.476 e. The van der Waals surface area contributed by atoms with E-state index in [9.17, 15) is 13.2 Å². The van der Waals surface area contributed by atoms with Crippen LogP contribution in [0.25, 0.3) is 5.82 Å². The molecule has 1 aliphatic heterocycles. The summed E-state index contributed by atoms with van der Waals surface area (Å²) in [5, 5.41) is 4.48. The second-order valence-electron chi connectivity index (χ2n) is 11.5. The normalized spacial score (nSPS) is 17.0. The molecule has 0 radical (unpaired) electrons. The first-order chi connectivity index (χ1) is 17.7. The maximum absolute atomic E-state index is 13.4. The van der Waals surface area contributed by atoms with Gasteiger partial charge in [-0.2, -0.15) is 13.5 Å². The minimum absolute atomic E-state index is 0. The molecule has 1 saturated heterocycles. The van der Waals surface area contributed by atoms with Gasteiger partial charge in [-0.1, -0.05) is 27.7 Å². The molecule has 4 rings (SSSR count). The summed E-state index contributed by atoms with van der Waals surface area (Å²) in [5.41, 5.74) is 5.54. The number of nitrogens with zero attached hydrogens (tertiary/aromatic N) is 5. The molecule has 3 aromatic rings. The summed E-state index contributed by atoms with van der Waals surface area (Å²) in [6.07, 6.45) is 4.00. The third kappa shape index (κ3) is 6.82. The van der Waals surface area contributed by atoms with E-state index in [2.05, 4.69) is 56.3 Å². The van der Waals surface area contributed by atoms with Crippen molar-refractivity contribution in [2.45, 2.75) is 58.4 Å². The van der Waals surface area contributed by atoms with Crippen LogP contribution in [0.5, 0.6) is 5.88 Å². The van der Waals surface area contributed by atoms with E-state index >= 15 is 0 Å². The van der Waals surface area contributed by atoms with Gasteiger partial charge < -0.3 is 15.4 Å². The average molecular weight is 576 g/mol. The predicted octanol–water partition coefficient (Wildman–Crippen LogP) is 3.53. The summed E-state index contributed by atoms with van der Waals surface area (Å²) >= 11 is 0. The highest BCUT2D eigenvalue weighted by molar-refractivity contribution is 7.90. The van der Waals surface area contributed by atoms with Crippen LogP contribution in [0.4, 0.5) is 11.6 Å². The second kappa shape index (κ2) is 11.0. The maximum atomic E-state index is 13.4. The molecule has 1 atom stereocenters. The first-order valence-corrected chi connectivity index (χ1v) is 13.9. The van der Waals surface area contributed by atoms with Crippen LogP contribution in [0.1, 0.15) is 58.3 Å². The van der Waals surface area contributed by atoms with Crippen molar-refractivity contribution >= 4 is 41.1 Å². The Morgan fingerprint density at radius 2 is 1.95 bits per heavy atom. The number of rotatable bonds is 7. The Morgan fingerprint density at radius 1 is 1.23 bits per heavy atom. The molecule has 4 heterocycles. The van der Waals surface area contributed by atoms with Crippen molar-refractivity contribution < 1.29 is 17.9 Å². The van der Waals surface area contributed by atoms with Crippen LogP contribution < -0.4 is 20.1 Å². The number of amides is 1. The number of anilines is 2. The molecule has 0 aliphatic carbocycles. The number of nitrogen functional groups attached to an aromatic ring is 1. The van der Waals surface area contributed by atoms with E-state index in [1.54, 1.807) is 29.1 Å². The van der Waals surface area contributed by atoms with Crippen LogP contribution in [0.15, 0.2) is 47.6 Å². The quantitative estimate of drug-likeness (QED) is 0.432. The van der Waals surface area contributed by atoms with Gasteiger partial charge in [0.1, 0.15) is 16.5 Å². The fourth-order valence-electron chi connectivity index (χ4n) is 4.57. The van der Waals surface area contributed by atoms with Gasteiger partial charge in [0, 0.05) is 30.5 Å². The van der Waals surface area contributed by atoms with Gasteiger partial charge in [0.15, 0.2) is 5.82 Å². The van der Waals surface area contributed by atoms with Gasteiger partial charge in [-0.3, -0.25) is 4.79 Å². The predicted molar refractivity (Wildman–Crippen MR) is 155 cm³/mol. The van der Waals surface area contributed by atoms with Gasteiger partial charge in [-0.05, 0) is 55.9 Å². The van der Waals surface area contributed by atoms with E-state index in [0.29, 0.717) is 36.6 Å². The van der Waals surface area contributed by atoms with Crippen LogP contribution >= 0.6 is 13.5 Å². The van der Waals surface area contributed by atoms with Crippen LogP contribution in [-0.4, -0.2) is 52.8 Å². The van der Waals surface area contributed by atoms with Gasteiger partial charge in [0.05, 0.1) is 12.2 Å². The summed E-state index contributed by atoms with van der Waals surface area (Å²) in [4.78, 5) is 23.8. The summed E-state index contributed by atoms with van der Waals surface area (Å²) < 4.78 is 35.4. The zero-order valence-corrected chi connectivity index (χ0v) is 24.9. The van der Waals surface area contributed by atoms with Crippen molar-refractivity contribution in [1.82, 2.24) is 24.5 Å². The number of ether oxygens (including phenoxy) is 1. The van der Waals surface area contributed by atoms with Crippen LogP contribution in [0.2, 0.25) is 0 Å². The lowest BCUT2D eigenvalue weighted by Crippen LogP contribution is -2.41. The monoisotopic (exact) mass is 575 g/mol. The number of hydrogen-bond donors (Lipinski definition) is 2. The molecular formula is C26H37N7O4S2. The van der Waals surface area contributed by atoms with Crippen molar-refractivity contribution in [3.63, 3.8) is 0 Å². The number of pyridine rings is 2. The maximum Gasteiger partial charge on any atom is 0.268 e. The van der Waals surface area contributed by atoms with Crippen molar-refractivity contribution in [2.24, 2.45) is 11.3 Å². The summed E-state index contributed by atoms with van der Waals surface area (Å²) in [6.45, 7) is 13.7. The molecule has 0 bridgehead atoms. The molecule has 0 aromatic carbocycles. The minimum atomic E-state index is -4.26. The lowest BCUT2D eigenvalue weighted by Gasteiger charge is -2.34. The van der Waals surface area contributed by atoms with E-state index in [1.165, 1.54) is 18.3 Å². The van der Waals surface area contributed by atoms with E-state index in [1.807, 2.05) is 4.90 Å². The number of nitrogens with one attached hydrogen (secondary N) is 1. The molecule has 11 nitrogen and oxygen atoms in total. The highest BCUT2D eigenvalue weighted by Gasteiger charge is 2.39. The molecule has 1 amide bonds. The lowest BCUT2D eigenvalue weighted by molar-refractivity contribution is 0.0981. The average Bonchev–Trinajstić information content (AvgIpc) is 3.39. The highest BCUT2D eigenvalue weighted by Crippen LogP contribution is 2.37. The number of nitrogens with two attached hydrogens (primary N) is 1. The third-order valence-electron chi connectivity index (χ3n) is 6.20. The van der Waals surface area contributed by atoms with Crippen LogP contribution in [-0.2, 0) is 10.0 Å². The van der Waals surface area contributed by atoms with Crippen molar-refractivity contribution in [3.8, 4) is 11.7 Å². The molecule has 13 heteroatoms. The van der Waals surface area contributed by atoms with Crippen molar-refractivity contribution in [2.75, 3.05) is 23.8 Å². The van der Waals surface area contributed by atoms with Gasteiger partial charge >= 0.3 is 0 Å². The lowest BCUT2D eigenvalue weighted by atomic mass is 9.97. The molecule has 1 aliphatic rings. The molecule has 0 spiro atoms. The zero-order chi connectivity index (χ0) is 27.9. The Hall–Kier alpha value is -3.32. The molecular weight excluding hydrogens is 538 g/mol. The van der Waals surface area contributed by atoms with Gasteiger partial charge in [-0.15, -0.1) is 5.10 Å². The topological polar surface area (TPSA) is 145 Å². The molecule has 1 fully saturated rings. The van der Waals surface area contributed by atoms with Crippen molar-refractivity contribution in [1.29, 1.82) is 0 Å². The number of hydrogen-bond acceptors (Lipinski definition) is 9. The Balaban J connectivity index is 0.00000420. The first kappa shape index (κ1) is 30.2. The van der Waals surface area contributed by atoms with Gasteiger partial charge in [0.25, 0.3) is 15.9 Å². The van der Waals surface area contributed by atoms with Crippen molar-refractivity contribution in [3.05, 3.63) is 48.3 Å². The molecule has 39 heavy (non-hydrogen) atoms. The highest BCUT2D eigenvalue weighted by atomic mass is 32.2. The molecule has 0 unspecified atom stereocenters. The Kier molecular flexibility index (Phi) is 8.56. The Bertz CT molecular complexity index is 1450. The SMILES string of the molecule is C[C@@H]1CN(c2nc(-n3ccc(OCC(C)(C)C)n3)ccc2C(=O)NS(=O)(=O)c2cccnc2N)C(C)(C)C1.S. The fraction of sp³-hybridized carbons (Fsp3) is 0.462. The zero-order valence-electron chi connectivity index (χ0n) is 23.1. The van der Waals surface area contributed by atoms with Gasteiger partial charge in [-0.25, -0.2) is 27.8 Å².